The molecule has 0 amide bonds. The van der Waals surface area contributed by atoms with E-state index in [1.165, 1.54) is 104 Å². The third kappa shape index (κ3) is 7.22. The summed E-state index contributed by atoms with van der Waals surface area (Å²) in [5.41, 5.74) is 20.3. The van der Waals surface area contributed by atoms with E-state index in [1.807, 2.05) is 12.1 Å². The highest BCUT2D eigenvalue weighted by atomic mass is 16.3. The molecule has 0 aliphatic rings. The Kier molecular flexibility index (Phi) is 10.3. The zero-order valence-corrected chi connectivity index (χ0v) is 44.5. The first-order chi connectivity index (χ1) is 40.7. The van der Waals surface area contributed by atoms with Gasteiger partial charge in [-0.05, 0) is 180 Å². The Morgan fingerprint density at radius 2 is 0.500 bits per heavy atom. The van der Waals surface area contributed by atoms with E-state index in [2.05, 4.69) is 279 Å². The quantitative estimate of drug-likeness (QED) is 0.149. The lowest BCUT2D eigenvalue weighted by Crippen LogP contribution is -1.92. The van der Waals surface area contributed by atoms with Gasteiger partial charge in [0.05, 0.1) is 0 Å². The summed E-state index contributed by atoms with van der Waals surface area (Å²) in [4.78, 5) is 0. The second kappa shape index (κ2) is 18.4. The molecule has 15 aromatic carbocycles. The van der Waals surface area contributed by atoms with Gasteiger partial charge in [0.15, 0.2) is 0 Å². The molecule has 0 saturated heterocycles. The van der Waals surface area contributed by atoms with Crippen molar-refractivity contribution < 1.29 is 8.83 Å². The highest BCUT2D eigenvalue weighted by Gasteiger charge is 2.22. The van der Waals surface area contributed by atoms with Crippen LogP contribution in [0.1, 0.15) is 0 Å². The number of hydrogen-bond donors (Lipinski definition) is 0. The van der Waals surface area contributed by atoms with E-state index in [0.29, 0.717) is 0 Å². The average molecular weight is 1040 g/mol. The molecule has 2 heterocycles. The molecule has 0 bridgehead atoms. The minimum absolute atomic E-state index is 0.875. The van der Waals surface area contributed by atoms with Gasteiger partial charge < -0.3 is 8.83 Å². The lowest BCUT2D eigenvalue weighted by atomic mass is 9.83. The van der Waals surface area contributed by atoms with Crippen LogP contribution in [0.25, 0.3) is 176 Å². The van der Waals surface area contributed by atoms with Crippen molar-refractivity contribution in [2.45, 2.75) is 0 Å². The Hall–Kier alpha value is -10.8. The summed E-state index contributed by atoms with van der Waals surface area (Å²) in [6.45, 7) is 0. The van der Waals surface area contributed by atoms with Crippen LogP contribution in [0.5, 0.6) is 0 Å². The van der Waals surface area contributed by atoms with Crippen molar-refractivity contribution in [3.8, 4) is 77.9 Å². The molecule has 0 radical (unpaired) electrons. The van der Waals surface area contributed by atoms with Crippen molar-refractivity contribution in [1.29, 1.82) is 0 Å². The topological polar surface area (TPSA) is 26.3 Å². The third-order valence-corrected chi connectivity index (χ3v) is 17.3. The van der Waals surface area contributed by atoms with Gasteiger partial charge in [-0.3, -0.25) is 0 Å². The van der Waals surface area contributed by atoms with Crippen molar-refractivity contribution in [2.75, 3.05) is 0 Å². The summed E-state index contributed by atoms with van der Waals surface area (Å²) in [6.07, 6.45) is 0. The van der Waals surface area contributed by atoms with Gasteiger partial charge in [0.1, 0.15) is 22.3 Å². The van der Waals surface area contributed by atoms with Crippen LogP contribution in [0.15, 0.2) is 300 Å². The summed E-state index contributed by atoms with van der Waals surface area (Å²) in [5, 5.41) is 16.8. The second-order valence-electron chi connectivity index (χ2n) is 21.7. The van der Waals surface area contributed by atoms with Crippen LogP contribution in [-0.4, -0.2) is 0 Å². The first-order valence-electron chi connectivity index (χ1n) is 28.2. The zero-order valence-electron chi connectivity index (χ0n) is 44.5. The molecule has 0 unspecified atom stereocenters. The van der Waals surface area contributed by atoms with Crippen LogP contribution in [0.2, 0.25) is 0 Å². The number of furan rings is 2. The summed E-state index contributed by atoms with van der Waals surface area (Å²) >= 11 is 0. The molecule has 0 N–H and O–H groups in total. The van der Waals surface area contributed by atoms with Gasteiger partial charge in [0, 0.05) is 21.5 Å². The van der Waals surface area contributed by atoms with Gasteiger partial charge in [0.25, 0.3) is 0 Å². The number of para-hydroxylation sites is 1. The summed E-state index contributed by atoms with van der Waals surface area (Å²) < 4.78 is 13.0. The van der Waals surface area contributed by atoms with Crippen LogP contribution in [0.3, 0.4) is 0 Å². The minimum atomic E-state index is 0.875. The maximum absolute atomic E-state index is 6.66. The van der Waals surface area contributed by atoms with Crippen LogP contribution in [0.4, 0.5) is 0 Å². The largest absolute Gasteiger partial charge is 0.456 e. The van der Waals surface area contributed by atoms with E-state index in [0.717, 1.165) is 71.7 Å². The number of benzene rings is 15. The van der Waals surface area contributed by atoms with E-state index >= 15 is 0 Å². The Bertz CT molecular complexity index is 5330. The molecular weight excluding hydrogens is 993 g/mol. The fourth-order valence-corrected chi connectivity index (χ4v) is 13.6. The van der Waals surface area contributed by atoms with Crippen molar-refractivity contribution in [2.24, 2.45) is 0 Å². The van der Waals surface area contributed by atoms with Crippen LogP contribution in [-0.2, 0) is 0 Å². The SMILES string of the molecule is c1ccc(-c2c3ccccc3c(-c3cccc(-c4ccc5c(c4)oc4ccc(-c6ccc(-c7c8ccccc8c(-c8ccc(-c9ccc%10c(c9)oc9ccccc9%10)c9ccccc89)c8ccccc78)cc6)cc45)c3)c3ccccc23)cc1. The fraction of sp³-hybridized carbons (Fsp3) is 0. The third-order valence-electron chi connectivity index (χ3n) is 17.3. The molecule has 2 nitrogen and oxygen atoms in total. The molecule has 2 heteroatoms. The predicted molar refractivity (Wildman–Crippen MR) is 347 cm³/mol. The van der Waals surface area contributed by atoms with Crippen molar-refractivity contribution >= 4 is 97.7 Å². The highest BCUT2D eigenvalue weighted by Crippen LogP contribution is 2.49. The predicted octanol–water partition coefficient (Wildman–Crippen LogP) is 22.9. The fourth-order valence-electron chi connectivity index (χ4n) is 13.6. The standard InChI is InChI=1S/C80H48O2/c1-2-17-50(18-3-1)77-63-24-6-8-26-65(63)79(66-27-9-7-25-64(66)77)56-20-16-19-52(45-56)54-37-40-62-72-46-53(39-44-74(72)82-75(62)47-54)49-33-35-51(36-34-49)78-67-28-10-12-30-69(67)80(70-31-13-11-29-68(70)78)71-43-42-57(58-21-4-5-22-59(58)71)55-38-41-61-60-23-14-15-32-73(60)81-76(61)48-55/h1-48H. The highest BCUT2D eigenvalue weighted by molar-refractivity contribution is 6.25. The number of hydrogen-bond acceptors (Lipinski definition) is 2. The number of fused-ring (bicyclic) bond motifs is 11. The van der Waals surface area contributed by atoms with Gasteiger partial charge in [-0.15, -0.1) is 0 Å². The molecule has 0 aliphatic heterocycles. The maximum Gasteiger partial charge on any atom is 0.136 e. The smallest absolute Gasteiger partial charge is 0.136 e. The van der Waals surface area contributed by atoms with Crippen LogP contribution in [0, 0.1) is 0 Å². The second-order valence-corrected chi connectivity index (χ2v) is 21.7. The Labute approximate surface area is 473 Å². The van der Waals surface area contributed by atoms with E-state index in [4.69, 9.17) is 8.83 Å². The first kappa shape index (κ1) is 46.1. The monoisotopic (exact) mass is 1040 g/mol. The molecule has 0 atom stereocenters. The average Bonchev–Trinajstić information content (AvgIpc) is 4.22. The van der Waals surface area contributed by atoms with Crippen LogP contribution >= 0.6 is 0 Å². The normalized spacial score (nSPS) is 11.9. The van der Waals surface area contributed by atoms with Crippen molar-refractivity contribution in [1.82, 2.24) is 0 Å². The lowest BCUT2D eigenvalue weighted by molar-refractivity contribution is 0.668. The summed E-state index contributed by atoms with van der Waals surface area (Å²) in [7, 11) is 0. The molecular formula is C80H48O2. The molecule has 0 aliphatic carbocycles. The molecule has 17 rings (SSSR count). The Morgan fingerprint density at radius 3 is 1.11 bits per heavy atom. The maximum atomic E-state index is 6.66. The molecule has 82 heavy (non-hydrogen) atoms. The van der Waals surface area contributed by atoms with Crippen molar-refractivity contribution in [3.05, 3.63) is 291 Å². The summed E-state index contributed by atoms with van der Waals surface area (Å²) in [6, 6.07) is 106. The van der Waals surface area contributed by atoms with Crippen molar-refractivity contribution in [3.63, 3.8) is 0 Å². The first-order valence-corrected chi connectivity index (χ1v) is 28.2. The Balaban J connectivity index is 0.717. The van der Waals surface area contributed by atoms with Gasteiger partial charge in [-0.1, -0.05) is 243 Å². The van der Waals surface area contributed by atoms with Gasteiger partial charge in [-0.25, -0.2) is 0 Å². The van der Waals surface area contributed by atoms with Crippen LogP contribution < -0.4 is 0 Å². The molecule has 17 aromatic rings. The Morgan fingerprint density at radius 1 is 0.146 bits per heavy atom. The van der Waals surface area contributed by atoms with Gasteiger partial charge in [-0.2, -0.15) is 0 Å². The van der Waals surface area contributed by atoms with E-state index < -0.39 is 0 Å². The molecule has 2 aromatic heterocycles. The van der Waals surface area contributed by atoms with Gasteiger partial charge in [0.2, 0.25) is 0 Å². The van der Waals surface area contributed by atoms with E-state index in [1.54, 1.807) is 0 Å². The summed E-state index contributed by atoms with van der Waals surface area (Å²) in [5.74, 6) is 0. The number of rotatable bonds is 7. The van der Waals surface area contributed by atoms with Gasteiger partial charge >= 0.3 is 0 Å². The lowest BCUT2D eigenvalue weighted by Gasteiger charge is -2.20. The molecule has 0 fully saturated rings. The minimum Gasteiger partial charge on any atom is -0.456 e. The van der Waals surface area contributed by atoms with E-state index in [-0.39, 0.29) is 0 Å². The molecule has 0 spiro atoms. The van der Waals surface area contributed by atoms with E-state index in [9.17, 15) is 0 Å². The molecule has 380 valence electrons. The zero-order chi connectivity index (χ0) is 53.8. The molecule has 0 saturated carbocycles.